The summed E-state index contributed by atoms with van der Waals surface area (Å²) in [6.45, 7) is 3.68. The summed E-state index contributed by atoms with van der Waals surface area (Å²) in [5.41, 5.74) is 0. The zero-order valence-corrected chi connectivity index (χ0v) is 10.7. The van der Waals surface area contributed by atoms with Crippen molar-refractivity contribution in [2.45, 2.75) is 64.2 Å². The number of hydrogen-bond acceptors (Lipinski definition) is 1. The quantitative estimate of drug-likeness (QED) is 0.351. The molecular weight excluding hydrogens is 212 g/mol. The Morgan fingerprint density at radius 1 is 1.00 bits per heavy atom. The molecule has 0 aliphatic carbocycles. The van der Waals surface area contributed by atoms with Crippen molar-refractivity contribution in [1.29, 1.82) is 0 Å². The predicted molar refractivity (Wildman–Crippen MR) is 71.8 cm³/mol. The number of hydrogen-bond donors (Lipinski definition) is 1. The first-order chi connectivity index (χ1) is 8.27. The molecule has 0 aliphatic heterocycles. The molecule has 0 unspecified atom stereocenters. The van der Waals surface area contributed by atoms with E-state index in [4.69, 9.17) is 5.11 Å². The van der Waals surface area contributed by atoms with Gasteiger partial charge in [-0.3, -0.25) is 4.79 Å². The zero-order valence-electron chi connectivity index (χ0n) is 10.7. The SMILES string of the molecule is C=CCCCCC#CCCCCCCC(=O)O. The highest BCUT2D eigenvalue weighted by molar-refractivity contribution is 5.66. The maximum Gasteiger partial charge on any atom is 0.303 e. The molecule has 2 nitrogen and oxygen atoms in total. The second-order valence-corrected chi connectivity index (χ2v) is 4.20. The minimum Gasteiger partial charge on any atom is -0.481 e. The average molecular weight is 236 g/mol. The summed E-state index contributed by atoms with van der Waals surface area (Å²) in [6, 6.07) is 0. The first kappa shape index (κ1) is 15.8. The van der Waals surface area contributed by atoms with E-state index in [1.54, 1.807) is 0 Å². The van der Waals surface area contributed by atoms with Gasteiger partial charge in [-0.05, 0) is 32.1 Å². The van der Waals surface area contributed by atoms with Crippen molar-refractivity contribution in [3.63, 3.8) is 0 Å². The Labute approximate surface area is 105 Å². The van der Waals surface area contributed by atoms with Gasteiger partial charge >= 0.3 is 5.97 Å². The number of allylic oxidation sites excluding steroid dienone is 1. The van der Waals surface area contributed by atoms with Crippen LogP contribution in [0.4, 0.5) is 0 Å². The first-order valence-electron chi connectivity index (χ1n) is 6.55. The Balaban J connectivity index is 3.14. The number of aliphatic carboxylic acids is 1. The molecule has 0 saturated heterocycles. The molecule has 0 bridgehead atoms. The molecule has 1 N–H and O–H groups in total. The lowest BCUT2D eigenvalue weighted by Crippen LogP contribution is -1.93. The largest absolute Gasteiger partial charge is 0.481 e. The van der Waals surface area contributed by atoms with Gasteiger partial charge in [0.05, 0.1) is 0 Å². The lowest BCUT2D eigenvalue weighted by Gasteiger charge is -1.95. The van der Waals surface area contributed by atoms with E-state index in [2.05, 4.69) is 18.4 Å². The van der Waals surface area contributed by atoms with E-state index in [0.717, 1.165) is 51.4 Å². The molecule has 0 atom stereocenters. The number of carboxylic acids is 1. The van der Waals surface area contributed by atoms with Crippen LogP contribution in [0, 0.1) is 11.8 Å². The van der Waals surface area contributed by atoms with Crippen LogP contribution in [0.1, 0.15) is 64.2 Å². The van der Waals surface area contributed by atoms with Crippen molar-refractivity contribution in [2.75, 3.05) is 0 Å². The van der Waals surface area contributed by atoms with Crippen LogP contribution in [0.5, 0.6) is 0 Å². The Kier molecular flexibility index (Phi) is 11.9. The molecule has 0 rings (SSSR count). The molecule has 0 aliphatic rings. The standard InChI is InChI=1S/C15H24O2/c1-2-3-4-5-6-7-8-9-10-11-12-13-14-15(16)17/h2H,1,3-6,9-14H2,(H,16,17). The summed E-state index contributed by atoms with van der Waals surface area (Å²) in [6.07, 6.45) is 11.6. The van der Waals surface area contributed by atoms with Crippen molar-refractivity contribution in [3.05, 3.63) is 12.7 Å². The fraction of sp³-hybridized carbons (Fsp3) is 0.667. The van der Waals surface area contributed by atoms with E-state index in [1.807, 2.05) is 6.08 Å². The summed E-state index contributed by atoms with van der Waals surface area (Å²) < 4.78 is 0. The molecule has 0 spiro atoms. The number of unbranched alkanes of at least 4 members (excludes halogenated alkanes) is 7. The fourth-order valence-electron chi connectivity index (χ4n) is 1.52. The molecule has 0 heterocycles. The molecule has 0 amide bonds. The second-order valence-electron chi connectivity index (χ2n) is 4.20. The molecular formula is C15H24O2. The maximum absolute atomic E-state index is 10.3. The average Bonchev–Trinajstić information content (AvgIpc) is 2.30. The predicted octanol–water partition coefficient (Wildman–Crippen LogP) is 4.16. The maximum atomic E-state index is 10.3. The zero-order chi connectivity index (χ0) is 12.8. The van der Waals surface area contributed by atoms with Gasteiger partial charge < -0.3 is 5.11 Å². The lowest BCUT2D eigenvalue weighted by atomic mass is 10.1. The Hall–Kier alpha value is -1.23. The van der Waals surface area contributed by atoms with Crippen molar-refractivity contribution in [3.8, 4) is 11.8 Å². The topological polar surface area (TPSA) is 37.3 Å². The van der Waals surface area contributed by atoms with Crippen molar-refractivity contribution in [1.82, 2.24) is 0 Å². The number of rotatable bonds is 10. The Morgan fingerprint density at radius 2 is 1.59 bits per heavy atom. The van der Waals surface area contributed by atoms with Gasteiger partial charge in [-0.25, -0.2) is 0 Å². The van der Waals surface area contributed by atoms with Crippen LogP contribution in [-0.2, 0) is 4.79 Å². The summed E-state index contributed by atoms with van der Waals surface area (Å²) in [7, 11) is 0. The van der Waals surface area contributed by atoms with Crippen molar-refractivity contribution < 1.29 is 9.90 Å². The van der Waals surface area contributed by atoms with E-state index in [1.165, 1.54) is 6.42 Å². The monoisotopic (exact) mass is 236 g/mol. The third kappa shape index (κ3) is 14.8. The van der Waals surface area contributed by atoms with Gasteiger partial charge in [0.25, 0.3) is 0 Å². The molecule has 0 saturated carbocycles. The van der Waals surface area contributed by atoms with E-state index < -0.39 is 5.97 Å². The van der Waals surface area contributed by atoms with Crippen LogP contribution in [0.3, 0.4) is 0 Å². The van der Waals surface area contributed by atoms with Crippen molar-refractivity contribution in [2.24, 2.45) is 0 Å². The summed E-state index contributed by atoms with van der Waals surface area (Å²) in [5, 5.41) is 8.45. The number of carboxylic acid groups (broad SMARTS) is 1. The van der Waals surface area contributed by atoms with Crippen LogP contribution in [0.15, 0.2) is 12.7 Å². The normalized spacial score (nSPS) is 9.41. The van der Waals surface area contributed by atoms with Crippen molar-refractivity contribution >= 4 is 5.97 Å². The van der Waals surface area contributed by atoms with Gasteiger partial charge in [0.15, 0.2) is 0 Å². The van der Waals surface area contributed by atoms with Crippen LogP contribution >= 0.6 is 0 Å². The molecule has 0 aromatic rings. The Morgan fingerprint density at radius 3 is 2.18 bits per heavy atom. The van der Waals surface area contributed by atoms with Gasteiger partial charge in [-0.15, -0.1) is 18.4 Å². The van der Waals surface area contributed by atoms with Crippen LogP contribution in [0.2, 0.25) is 0 Å². The Bertz CT molecular complexity index is 258. The van der Waals surface area contributed by atoms with E-state index in [0.29, 0.717) is 6.42 Å². The first-order valence-corrected chi connectivity index (χ1v) is 6.55. The number of carbonyl (C=O) groups is 1. The molecule has 0 radical (unpaired) electrons. The minimum atomic E-state index is -0.690. The molecule has 0 aromatic heterocycles. The highest BCUT2D eigenvalue weighted by atomic mass is 16.4. The molecule has 2 heteroatoms. The molecule has 0 aromatic carbocycles. The van der Waals surface area contributed by atoms with Gasteiger partial charge in [-0.1, -0.05) is 18.9 Å². The van der Waals surface area contributed by atoms with Crippen LogP contribution < -0.4 is 0 Å². The van der Waals surface area contributed by atoms with Gasteiger partial charge in [0.2, 0.25) is 0 Å². The minimum absolute atomic E-state index is 0.301. The summed E-state index contributed by atoms with van der Waals surface area (Å²) in [4.78, 5) is 10.3. The smallest absolute Gasteiger partial charge is 0.303 e. The highest BCUT2D eigenvalue weighted by Gasteiger charge is 1.95. The van der Waals surface area contributed by atoms with E-state index in [-0.39, 0.29) is 0 Å². The molecule has 96 valence electrons. The fourth-order valence-corrected chi connectivity index (χ4v) is 1.52. The van der Waals surface area contributed by atoms with Crippen LogP contribution in [-0.4, -0.2) is 11.1 Å². The second kappa shape index (κ2) is 12.8. The lowest BCUT2D eigenvalue weighted by molar-refractivity contribution is -0.137. The third-order valence-electron chi connectivity index (χ3n) is 2.53. The van der Waals surface area contributed by atoms with Gasteiger partial charge in [-0.2, -0.15) is 0 Å². The third-order valence-corrected chi connectivity index (χ3v) is 2.53. The molecule has 17 heavy (non-hydrogen) atoms. The molecule has 0 fully saturated rings. The van der Waals surface area contributed by atoms with E-state index in [9.17, 15) is 4.79 Å². The van der Waals surface area contributed by atoms with Crippen LogP contribution in [0.25, 0.3) is 0 Å². The van der Waals surface area contributed by atoms with Gasteiger partial charge in [0, 0.05) is 19.3 Å². The highest BCUT2D eigenvalue weighted by Crippen LogP contribution is 2.05. The summed E-state index contributed by atoms with van der Waals surface area (Å²) >= 11 is 0. The van der Waals surface area contributed by atoms with Gasteiger partial charge in [0.1, 0.15) is 0 Å². The van der Waals surface area contributed by atoms with E-state index >= 15 is 0 Å². The summed E-state index contributed by atoms with van der Waals surface area (Å²) in [5.74, 6) is 5.65.